The van der Waals surface area contributed by atoms with E-state index in [1.807, 2.05) is 26.0 Å². The molecule has 2 aromatic rings. The molecule has 0 fully saturated rings. The zero-order valence-corrected chi connectivity index (χ0v) is 12.9. The predicted molar refractivity (Wildman–Crippen MR) is 77.4 cm³/mol. The van der Waals surface area contributed by atoms with Gasteiger partial charge in [-0.1, -0.05) is 6.07 Å². The second kappa shape index (κ2) is 5.13. The van der Waals surface area contributed by atoms with Crippen molar-refractivity contribution in [2.75, 3.05) is 11.9 Å². The average Bonchev–Trinajstić information content (AvgIpc) is 2.66. The molecule has 100 valence electrons. The molecule has 5 nitrogen and oxygen atoms in total. The highest BCUT2D eigenvalue weighted by Crippen LogP contribution is 2.22. The number of amides is 1. The maximum Gasteiger partial charge on any atom is 0.280 e. The van der Waals surface area contributed by atoms with Gasteiger partial charge in [0.2, 0.25) is 0 Å². The normalized spacial score (nSPS) is 10.6. The number of hydrogen-bond donors (Lipinski definition) is 0. The van der Waals surface area contributed by atoms with Crippen LogP contribution in [0.2, 0.25) is 0 Å². The summed E-state index contributed by atoms with van der Waals surface area (Å²) in [6.45, 7) is 3.86. The molecule has 0 aliphatic heterocycles. The molecule has 2 aromatic heterocycles. The first-order valence-corrected chi connectivity index (χ1v) is 6.61. The van der Waals surface area contributed by atoms with Gasteiger partial charge in [0, 0.05) is 20.3 Å². The number of nitrogens with zero attached hydrogens (tertiary/aromatic N) is 4. The Hall–Kier alpha value is -1.69. The van der Waals surface area contributed by atoms with E-state index in [9.17, 15) is 4.79 Å². The molecule has 0 aromatic carbocycles. The van der Waals surface area contributed by atoms with Gasteiger partial charge in [-0.15, -0.1) is 0 Å². The number of aryl methyl sites for hydroxylation is 2. The van der Waals surface area contributed by atoms with Gasteiger partial charge in [-0.05, 0) is 41.4 Å². The topological polar surface area (TPSA) is 51.0 Å². The molecule has 1 amide bonds. The van der Waals surface area contributed by atoms with Crippen molar-refractivity contribution in [2.24, 2.45) is 7.05 Å². The quantitative estimate of drug-likeness (QED) is 0.853. The van der Waals surface area contributed by atoms with E-state index >= 15 is 0 Å². The van der Waals surface area contributed by atoms with E-state index in [0.717, 1.165) is 15.7 Å². The van der Waals surface area contributed by atoms with Gasteiger partial charge in [0.25, 0.3) is 5.91 Å². The Morgan fingerprint density at radius 2 is 2.05 bits per heavy atom. The fraction of sp³-hybridized carbons (Fsp3) is 0.308. The van der Waals surface area contributed by atoms with Crippen LogP contribution in [0.15, 0.2) is 22.8 Å². The van der Waals surface area contributed by atoms with Crippen LogP contribution < -0.4 is 4.90 Å². The molecular formula is C13H15BrN4O. The molecule has 19 heavy (non-hydrogen) atoms. The van der Waals surface area contributed by atoms with Crippen molar-refractivity contribution in [3.63, 3.8) is 0 Å². The third-order valence-electron chi connectivity index (χ3n) is 3.01. The van der Waals surface area contributed by atoms with Crippen LogP contribution >= 0.6 is 15.9 Å². The first-order chi connectivity index (χ1) is 8.91. The van der Waals surface area contributed by atoms with E-state index in [4.69, 9.17) is 0 Å². The van der Waals surface area contributed by atoms with E-state index in [-0.39, 0.29) is 5.91 Å². The summed E-state index contributed by atoms with van der Waals surface area (Å²) in [6, 6.07) is 3.74. The number of pyridine rings is 1. The molecule has 2 rings (SSSR count). The molecule has 2 heterocycles. The zero-order chi connectivity index (χ0) is 14.2. The van der Waals surface area contributed by atoms with Crippen LogP contribution in [0, 0.1) is 13.8 Å². The van der Waals surface area contributed by atoms with Gasteiger partial charge < -0.3 is 0 Å². The van der Waals surface area contributed by atoms with E-state index < -0.39 is 0 Å². The maximum absolute atomic E-state index is 12.4. The van der Waals surface area contributed by atoms with Crippen molar-refractivity contribution in [2.45, 2.75) is 13.8 Å². The largest absolute Gasteiger partial charge is 0.294 e. The van der Waals surface area contributed by atoms with Gasteiger partial charge in [0.15, 0.2) is 5.69 Å². The Morgan fingerprint density at radius 3 is 2.53 bits per heavy atom. The summed E-state index contributed by atoms with van der Waals surface area (Å²) in [5.41, 5.74) is 2.36. The summed E-state index contributed by atoms with van der Waals surface area (Å²) in [4.78, 5) is 18.1. The van der Waals surface area contributed by atoms with Gasteiger partial charge in [0.05, 0.1) is 10.2 Å². The Morgan fingerprint density at radius 1 is 1.37 bits per heavy atom. The first kappa shape index (κ1) is 13.7. The van der Waals surface area contributed by atoms with Crippen LogP contribution in [0.1, 0.15) is 21.7 Å². The lowest BCUT2D eigenvalue weighted by molar-refractivity contribution is 0.0986. The van der Waals surface area contributed by atoms with Gasteiger partial charge >= 0.3 is 0 Å². The molecule has 0 aliphatic rings. The van der Waals surface area contributed by atoms with E-state index in [1.165, 1.54) is 4.90 Å². The van der Waals surface area contributed by atoms with Crippen molar-refractivity contribution < 1.29 is 4.79 Å². The fourth-order valence-corrected chi connectivity index (χ4v) is 2.15. The molecule has 0 bridgehead atoms. The molecule has 0 unspecified atom stereocenters. The molecule has 6 heteroatoms. The van der Waals surface area contributed by atoms with Crippen LogP contribution in [-0.4, -0.2) is 27.7 Å². The van der Waals surface area contributed by atoms with Crippen LogP contribution in [0.3, 0.4) is 0 Å². The predicted octanol–water partition coefficient (Wildman–Crippen LogP) is 2.47. The van der Waals surface area contributed by atoms with E-state index in [0.29, 0.717) is 11.5 Å². The van der Waals surface area contributed by atoms with Crippen molar-refractivity contribution in [1.82, 2.24) is 14.8 Å². The van der Waals surface area contributed by atoms with Crippen LogP contribution in [0.5, 0.6) is 0 Å². The van der Waals surface area contributed by atoms with E-state index in [2.05, 4.69) is 26.0 Å². The molecule has 0 saturated heterocycles. The molecule has 0 N–H and O–H groups in total. The lowest BCUT2D eigenvalue weighted by atomic mass is 10.3. The Balaban J connectivity index is 2.33. The standard InChI is InChI=1S/C13H15BrN4O/c1-8-5-6-10(15-7-8)17(3)13(19)12-11(14)9(2)18(4)16-12/h5-7H,1-4H3. The van der Waals surface area contributed by atoms with Crippen molar-refractivity contribution in [3.05, 3.63) is 39.8 Å². The highest BCUT2D eigenvalue weighted by Gasteiger charge is 2.22. The molecule has 0 atom stereocenters. The summed E-state index contributed by atoms with van der Waals surface area (Å²) < 4.78 is 2.40. The van der Waals surface area contributed by atoms with Gasteiger partial charge in [-0.25, -0.2) is 4.98 Å². The summed E-state index contributed by atoms with van der Waals surface area (Å²) in [5.74, 6) is 0.415. The lowest BCUT2D eigenvalue weighted by Crippen LogP contribution is -2.27. The smallest absolute Gasteiger partial charge is 0.280 e. The van der Waals surface area contributed by atoms with Gasteiger partial charge in [0.1, 0.15) is 5.82 Å². The average molecular weight is 323 g/mol. The zero-order valence-electron chi connectivity index (χ0n) is 11.3. The monoisotopic (exact) mass is 322 g/mol. The number of carbonyl (C=O) groups excluding carboxylic acids is 1. The maximum atomic E-state index is 12.4. The second-order valence-corrected chi connectivity index (χ2v) is 5.22. The van der Waals surface area contributed by atoms with Gasteiger partial charge in [-0.2, -0.15) is 5.10 Å². The Labute approximate surface area is 120 Å². The minimum absolute atomic E-state index is 0.188. The number of anilines is 1. The highest BCUT2D eigenvalue weighted by molar-refractivity contribution is 9.10. The van der Waals surface area contributed by atoms with Crippen molar-refractivity contribution in [3.8, 4) is 0 Å². The summed E-state index contributed by atoms with van der Waals surface area (Å²) >= 11 is 3.40. The Bertz CT molecular complexity index is 618. The van der Waals surface area contributed by atoms with Crippen molar-refractivity contribution in [1.29, 1.82) is 0 Å². The molecule has 0 aliphatic carbocycles. The number of carbonyl (C=O) groups is 1. The minimum atomic E-state index is -0.188. The molecular weight excluding hydrogens is 308 g/mol. The van der Waals surface area contributed by atoms with Gasteiger partial charge in [-0.3, -0.25) is 14.4 Å². The summed E-state index contributed by atoms with van der Waals surface area (Å²) in [6.07, 6.45) is 1.73. The Kier molecular flexibility index (Phi) is 3.71. The first-order valence-electron chi connectivity index (χ1n) is 5.81. The third kappa shape index (κ3) is 2.53. The lowest BCUT2D eigenvalue weighted by Gasteiger charge is -2.15. The molecule has 0 saturated carbocycles. The number of aromatic nitrogens is 3. The summed E-state index contributed by atoms with van der Waals surface area (Å²) in [7, 11) is 3.50. The third-order valence-corrected chi connectivity index (χ3v) is 3.96. The molecule has 0 radical (unpaired) electrons. The summed E-state index contributed by atoms with van der Waals surface area (Å²) in [5, 5.41) is 4.22. The van der Waals surface area contributed by atoms with Crippen LogP contribution in [0.25, 0.3) is 0 Å². The minimum Gasteiger partial charge on any atom is -0.294 e. The van der Waals surface area contributed by atoms with Crippen LogP contribution in [0.4, 0.5) is 5.82 Å². The van der Waals surface area contributed by atoms with Crippen molar-refractivity contribution >= 4 is 27.7 Å². The SMILES string of the molecule is Cc1ccc(N(C)C(=O)c2nn(C)c(C)c2Br)nc1. The fourth-order valence-electron chi connectivity index (χ4n) is 1.64. The number of halogens is 1. The van der Waals surface area contributed by atoms with E-state index in [1.54, 1.807) is 25.0 Å². The second-order valence-electron chi connectivity index (χ2n) is 4.43. The van der Waals surface area contributed by atoms with Crippen LogP contribution in [-0.2, 0) is 7.05 Å². The highest BCUT2D eigenvalue weighted by atomic mass is 79.9. The number of rotatable bonds is 2. The number of hydrogen-bond acceptors (Lipinski definition) is 3. The molecule has 0 spiro atoms.